The van der Waals surface area contributed by atoms with Crippen LogP contribution in [0.1, 0.15) is 71.6 Å². The fraction of sp³-hybridized carbons (Fsp3) is 1.00. The summed E-state index contributed by atoms with van der Waals surface area (Å²) >= 11 is 0. The summed E-state index contributed by atoms with van der Waals surface area (Å²) in [5.74, 6) is 0. The molecule has 1 unspecified atom stereocenters. The van der Waals surface area contributed by atoms with Crippen LogP contribution >= 0.6 is 7.60 Å². The average molecular weight is 264 g/mol. The molecule has 0 spiro atoms. The molecule has 0 rings (SSSR count). The molecule has 0 aliphatic rings. The van der Waals surface area contributed by atoms with E-state index in [2.05, 4.69) is 6.92 Å². The number of hydrogen-bond acceptors (Lipinski definition) is 2. The molecule has 0 aliphatic carbocycles. The molecule has 0 aromatic carbocycles. The highest BCUT2D eigenvalue weighted by Gasteiger charge is 2.16. The van der Waals surface area contributed by atoms with Gasteiger partial charge in [0.15, 0.2) is 0 Å². The van der Waals surface area contributed by atoms with Crippen molar-refractivity contribution in [3.05, 3.63) is 0 Å². The Bertz CT molecular complexity index is 207. The molecule has 3 nitrogen and oxygen atoms in total. The van der Waals surface area contributed by atoms with Gasteiger partial charge in [-0.2, -0.15) is 0 Å². The number of rotatable bonds is 12. The summed E-state index contributed by atoms with van der Waals surface area (Å²) in [6.07, 6.45) is 10.8. The molecule has 17 heavy (non-hydrogen) atoms. The summed E-state index contributed by atoms with van der Waals surface area (Å²) in [5, 5.41) is 0. The first-order chi connectivity index (χ1) is 8.12. The van der Waals surface area contributed by atoms with Crippen LogP contribution in [-0.4, -0.2) is 17.7 Å². The summed E-state index contributed by atoms with van der Waals surface area (Å²) < 4.78 is 16.4. The van der Waals surface area contributed by atoms with Gasteiger partial charge in [0.1, 0.15) is 0 Å². The average Bonchev–Trinajstić information content (AvgIpc) is 2.27. The van der Waals surface area contributed by atoms with Gasteiger partial charge in [-0.25, -0.2) is 0 Å². The van der Waals surface area contributed by atoms with Gasteiger partial charge in [0.25, 0.3) is 0 Å². The van der Waals surface area contributed by atoms with E-state index in [9.17, 15) is 9.46 Å². The second-order valence-electron chi connectivity index (χ2n) is 4.67. The lowest BCUT2D eigenvalue weighted by atomic mass is 10.1. The smallest absolute Gasteiger partial charge is 0.324 e. The lowest BCUT2D eigenvalue weighted by molar-refractivity contribution is 0.252. The Morgan fingerprint density at radius 3 is 1.94 bits per heavy atom. The second-order valence-corrected chi connectivity index (χ2v) is 6.65. The van der Waals surface area contributed by atoms with Crippen LogP contribution in [0.5, 0.6) is 0 Å². The van der Waals surface area contributed by atoms with Gasteiger partial charge < -0.3 is 9.42 Å². The maximum atomic E-state index is 11.4. The van der Waals surface area contributed by atoms with Gasteiger partial charge in [0, 0.05) is 6.16 Å². The zero-order valence-electron chi connectivity index (χ0n) is 11.5. The van der Waals surface area contributed by atoms with E-state index in [-0.39, 0.29) is 6.16 Å². The maximum Gasteiger partial charge on any atom is 0.328 e. The largest absolute Gasteiger partial charge is 0.328 e. The Kier molecular flexibility index (Phi) is 11.4. The third kappa shape index (κ3) is 12.4. The fourth-order valence-electron chi connectivity index (χ4n) is 1.79. The Labute approximate surface area is 106 Å². The SMILES string of the molecule is CCCCCCCCCCOP(=O)(O)CCC. The molecule has 0 aromatic rings. The standard InChI is InChI=1S/C13H29O3P/c1-3-5-6-7-8-9-10-11-12-16-17(14,15)13-4-2/h3-13H2,1-2H3,(H,14,15). The lowest BCUT2D eigenvalue weighted by Crippen LogP contribution is -1.96. The molecule has 0 radical (unpaired) electrons. The van der Waals surface area contributed by atoms with Crippen molar-refractivity contribution >= 4 is 7.60 Å². The zero-order chi connectivity index (χ0) is 13.0. The van der Waals surface area contributed by atoms with Crippen molar-refractivity contribution in [3.63, 3.8) is 0 Å². The van der Waals surface area contributed by atoms with Gasteiger partial charge in [-0.15, -0.1) is 0 Å². The highest BCUT2D eigenvalue weighted by molar-refractivity contribution is 7.52. The van der Waals surface area contributed by atoms with E-state index in [1.807, 2.05) is 6.92 Å². The van der Waals surface area contributed by atoms with E-state index in [1.165, 1.54) is 38.5 Å². The van der Waals surface area contributed by atoms with Crippen LogP contribution in [0.15, 0.2) is 0 Å². The minimum absolute atomic E-state index is 0.282. The summed E-state index contributed by atoms with van der Waals surface area (Å²) in [6.45, 7) is 4.55. The van der Waals surface area contributed by atoms with Crippen LogP contribution in [0, 0.1) is 0 Å². The van der Waals surface area contributed by atoms with Crippen molar-refractivity contribution in [2.45, 2.75) is 71.6 Å². The predicted octanol–water partition coefficient (Wildman–Crippen LogP) is 4.74. The van der Waals surface area contributed by atoms with E-state index >= 15 is 0 Å². The molecular weight excluding hydrogens is 235 g/mol. The lowest BCUT2D eigenvalue weighted by Gasteiger charge is -2.10. The van der Waals surface area contributed by atoms with Crippen molar-refractivity contribution in [2.24, 2.45) is 0 Å². The molecule has 0 saturated carbocycles. The highest BCUT2D eigenvalue weighted by atomic mass is 31.2. The normalized spacial score (nSPS) is 14.8. The molecule has 1 N–H and O–H groups in total. The molecule has 0 bridgehead atoms. The fourth-order valence-corrected chi connectivity index (χ4v) is 2.90. The topological polar surface area (TPSA) is 46.5 Å². The van der Waals surface area contributed by atoms with Gasteiger partial charge in [-0.05, 0) is 12.8 Å². The summed E-state index contributed by atoms with van der Waals surface area (Å²) in [5.41, 5.74) is 0. The van der Waals surface area contributed by atoms with Crippen LogP contribution < -0.4 is 0 Å². The predicted molar refractivity (Wildman–Crippen MR) is 73.5 cm³/mol. The number of hydrogen-bond donors (Lipinski definition) is 1. The van der Waals surface area contributed by atoms with E-state index in [4.69, 9.17) is 4.52 Å². The van der Waals surface area contributed by atoms with Crippen molar-refractivity contribution in [1.82, 2.24) is 0 Å². The molecule has 0 heterocycles. The first-order valence-corrected chi connectivity index (χ1v) is 8.85. The minimum Gasteiger partial charge on any atom is -0.324 e. The van der Waals surface area contributed by atoms with E-state index in [0.717, 1.165) is 12.8 Å². The Morgan fingerprint density at radius 1 is 0.882 bits per heavy atom. The molecule has 4 heteroatoms. The molecule has 104 valence electrons. The van der Waals surface area contributed by atoms with Gasteiger partial charge in [-0.1, -0.05) is 58.8 Å². The quantitative estimate of drug-likeness (QED) is 0.409. The Hall–Kier alpha value is 0.150. The van der Waals surface area contributed by atoms with E-state index in [0.29, 0.717) is 13.0 Å². The number of unbranched alkanes of at least 4 members (excludes halogenated alkanes) is 7. The van der Waals surface area contributed by atoms with Crippen molar-refractivity contribution in [1.29, 1.82) is 0 Å². The first kappa shape index (κ1) is 17.2. The van der Waals surface area contributed by atoms with Gasteiger partial charge in [0.2, 0.25) is 0 Å². The molecule has 0 fully saturated rings. The van der Waals surface area contributed by atoms with Crippen LogP contribution in [-0.2, 0) is 9.09 Å². The summed E-state index contributed by atoms with van der Waals surface area (Å²) in [7, 11) is -3.26. The van der Waals surface area contributed by atoms with E-state index in [1.54, 1.807) is 0 Å². The van der Waals surface area contributed by atoms with Crippen LogP contribution in [0.25, 0.3) is 0 Å². The maximum absolute atomic E-state index is 11.4. The monoisotopic (exact) mass is 264 g/mol. The summed E-state index contributed by atoms with van der Waals surface area (Å²) in [6, 6.07) is 0. The third-order valence-electron chi connectivity index (χ3n) is 2.80. The van der Waals surface area contributed by atoms with Crippen molar-refractivity contribution in [3.8, 4) is 0 Å². The van der Waals surface area contributed by atoms with Gasteiger partial charge in [-0.3, -0.25) is 4.57 Å². The first-order valence-electron chi connectivity index (χ1n) is 7.08. The van der Waals surface area contributed by atoms with E-state index < -0.39 is 7.60 Å². The summed E-state index contributed by atoms with van der Waals surface area (Å²) in [4.78, 5) is 9.35. The van der Waals surface area contributed by atoms with Crippen LogP contribution in [0.3, 0.4) is 0 Å². The second kappa shape index (κ2) is 11.3. The van der Waals surface area contributed by atoms with Gasteiger partial charge >= 0.3 is 7.60 Å². The molecular formula is C13H29O3P. The molecule has 0 aliphatic heterocycles. The molecule has 0 saturated heterocycles. The van der Waals surface area contributed by atoms with Crippen LogP contribution in [0.4, 0.5) is 0 Å². The third-order valence-corrected chi connectivity index (χ3v) is 4.40. The zero-order valence-corrected chi connectivity index (χ0v) is 12.4. The minimum atomic E-state index is -3.26. The van der Waals surface area contributed by atoms with Crippen molar-refractivity contribution in [2.75, 3.05) is 12.8 Å². The molecule has 0 amide bonds. The van der Waals surface area contributed by atoms with Gasteiger partial charge in [0.05, 0.1) is 6.61 Å². The molecule has 0 aromatic heterocycles. The van der Waals surface area contributed by atoms with Crippen molar-refractivity contribution < 1.29 is 14.0 Å². The highest BCUT2D eigenvalue weighted by Crippen LogP contribution is 2.42. The molecule has 1 atom stereocenters. The van der Waals surface area contributed by atoms with Crippen LogP contribution in [0.2, 0.25) is 0 Å². The Morgan fingerprint density at radius 2 is 1.41 bits per heavy atom. The Balaban J connectivity index is 3.21.